The van der Waals surface area contributed by atoms with Crippen molar-refractivity contribution in [2.24, 2.45) is 0 Å². The molecular weight excluding hydrogens is 212 g/mol. The number of pyridine rings is 2. The van der Waals surface area contributed by atoms with E-state index < -0.39 is 0 Å². The number of fused-ring (bicyclic) bond motifs is 1. The number of aryl methyl sites for hydroxylation is 1. The topological polar surface area (TPSA) is 56.2 Å². The van der Waals surface area contributed by atoms with Crippen molar-refractivity contribution in [2.45, 2.75) is 6.92 Å². The molecule has 3 aromatic rings. The van der Waals surface area contributed by atoms with E-state index in [-0.39, 0.29) is 0 Å². The Hall–Kier alpha value is -2.36. The number of hydrogen-bond acceptors (Lipinski definition) is 3. The maximum Gasteiger partial charge on any atom is 0.140 e. The second-order valence-electron chi connectivity index (χ2n) is 4.05. The van der Waals surface area contributed by atoms with Crippen molar-refractivity contribution in [3.05, 3.63) is 48.5 Å². The van der Waals surface area contributed by atoms with E-state index in [1.54, 1.807) is 12.4 Å². The average Bonchev–Trinajstić information content (AvgIpc) is 2.74. The maximum absolute atomic E-state index is 5.81. The summed E-state index contributed by atoms with van der Waals surface area (Å²) in [6.45, 7) is 2.01. The minimum atomic E-state index is 0.744. The van der Waals surface area contributed by atoms with Gasteiger partial charge in [0.2, 0.25) is 0 Å². The van der Waals surface area contributed by atoms with Gasteiger partial charge >= 0.3 is 0 Å². The Labute approximate surface area is 98.8 Å². The highest BCUT2D eigenvalue weighted by molar-refractivity contribution is 5.65. The molecule has 0 aliphatic heterocycles. The lowest BCUT2D eigenvalue weighted by atomic mass is 10.2. The first-order valence-electron chi connectivity index (χ1n) is 5.39. The summed E-state index contributed by atoms with van der Waals surface area (Å²) in [6, 6.07) is 5.82. The minimum absolute atomic E-state index is 0.744. The van der Waals surface area contributed by atoms with Crippen LogP contribution >= 0.6 is 0 Å². The molecule has 4 heteroatoms. The van der Waals surface area contributed by atoms with E-state index in [0.29, 0.717) is 0 Å². The fourth-order valence-corrected chi connectivity index (χ4v) is 1.96. The van der Waals surface area contributed by atoms with E-state index in [9.17, 15) is 0 Å². The van der Waals surface area contributed by atoms with Crippen LogP contribution in [0.4, 0.5) is 5.69 Å². The molecule has 4 nitrogen and oxygen atoms in total. The van der Waals surface area contributed by atoms with Crippen LogP contribution in [0.3, 0.4) is 0 Å². The molecule has 17 heavy (non-hydrogen) atoms. The third kappa shape index (κ3) is 1.63. The van der Waals surface area contributed by atoms with E-state index in [1.807, 2.05) is 41.9 Å². The summed E-state index contributed by atoms with van der Waals surface area (Å²) >= 11 is 0. The van der Waals surface area contributed by atoms with Crippen molar-refractivity contribution >= 4 is 11.3 Å². The molecule has 0 bridgehead atoms. The Morgan fingerprint density at radius 3 is 2.71 bits per heavy atom. The summed E-state index contributed by atoms with van der Waals surface area (Å²) in [5.41, 5.74) is 10.6. The van der Waals surface area contributed by atoms with Crippen molar-refractivity contribution in [3.63, 3.8) is 0 Å². The monoisotopic (exact) mass is 224 g/mol. The maximum atomic E-state index is 5.81. The van der Waals surface area contributed by atoms with Gasteiger partial charge in [0.05, 0.1) is 5.69 Å². The molecule has 0 aliphatic carbocycles. The van der Waals surface area contributed by atoms with Gasteiger partial charge < -0.3 is 10.1 Å². The van der Waals surface area contributed by atoms with E-state index >= 15 is 0 Å². The molecule has 0 radical (unpaired) electrons. The number of nitrogens with two attached hydrogens (primary N) is 1. The lowest BCUT2D eigenvalue weighted by Gasteiger charge is -1.98. The van der Waals surface area contributed by atoms with Crippen LogP contribution in [0.2, 0.25) is 0 Å². The van der Waals surface area contributed by atoms with Gasteiger partial charge in [0.25, 0.3) is 0 Å². The summed E-state index contributed by atoms with van der Waals surface area (Å²) in [7, 11) is 0. The molecule has 0 saturated carbocycles. The molecule has 3 aromatic heterocycles. The van der Waals surface area contributed by atoms with Gasteiger partial charge in [-0.25, -0.2) is 4.98 Å². The third-order valence-corrected chi connectivity index (χ3v) is 2.73. The van der Waals surface area contributed by atoms with Crippen molar-refractivity contribution < 1.29 is 0 Å². The Morgan fingerprint density at radius 2 is 1.94 bits per heavy atom. The highest BCUT2D eigenvalue weighted by Crippen LogP contribution is 2.21. The number of aromatic nitrogens is 3. The zero-order chi connectivity index (χ0) is 11.8. The Morgan fingerprint density at radius 1 is 1.18 bits per heavy atom. The van der Waals surface area contributed by atoms with E-state index in [0.717, 1.165) is 28.2 Å². The number of anilines is 1. The van der Waals surface area contributed by atoms with Crippen molar-refractivity contribution in [1.29, 1.82) is 0 Å². The first-order chi connectivity index (χ1) is 8.24. The van der Waals surface area contributed by atoms with Crippen LogP contribution in [-0.4, -0.2) is 14.4 Å². The fraction of sp³-hybridized carbons (Fsp3) is 0.0769. The molecule has 0 amide bonds. The second-order valence-corrected chi connectivity index (χ2v) is 4.05. The minimum Gasteiger partial charge on any atom is -0.398 e. The first-order valence-corrected chi connectivity index (χ1v) is 5.39. The smallest absolute Gasteiger partial charge is 0.140 e. The largest absolute Gasteiger partial charge is 0.398 e. The zero-order valence-electron chi connectivity index (χ0n) is 9.46. The quantitative estimate of drug-likeness (QED) is 0.690. The normalized spacial score (nSPS) is 10.9. The Balaban J connectivity index is 2.24. The summed E-state index contributed by atoms with van der Waals surface area (Å²) in [5, 5.41) is 0. The number of hydrogen-bond donors (Lipinski definition) is 1. The molecule has 0 aromatic carbocycles. The first kappa shape index (κ1) is 9.84. The lowest BCUT2D eigenvalue weighted by Crippen LogP contribution is -1.92. The summed E-state index contributed by atoms with van der Waals surface area (Å²) < 4.78 is 1.96. The second kappa shape index (κ2) is 3.59. The van der Waals surface area contributed by atoms with Gasteiger partial charge in [-0.1, -0.05) is 0 Å². The van der Waals surface area contributed by atoms with Crippen LogP contribution in [0, 0.1) is 6.92 Å². The van der Waals surface area contributed by atoms with E-state index in [2.05, 4.69) is 9.97 Å². The number of imidazole rings is 1. The SMILES string of the molecule is Cc1cc(N)cn2cc(-c3ccncc3)nc12. The van der Waals surface area contributed by atoms with Crippen LogP contribution in [0.1, 0.15) is 5.56 Å². The van der Waals surface area contributed by atoms with Gasteiger partial charge in [0.15, 0.2) is 0 Å². The zero-order valence-corrected chi connectivity index (χ0v) is 9.46. The third-order valence-electron chi connectivity index (χ3n) is 2.73. The van der Waals surface area contributed by atoms with Gasteiger partial charge in [-0.15, -0.1) is 0 Å². The number of nitrogens with zero attached hydrogens (tertiary/aromatic N) is 3. The number of rotatable bonds is 1. The molecule has 0 fully saturated rings. The molecule has 3 heterocycles. The highest BCUT2D eigenvalue weighted by Gasteiger charge is 2.06. The molecule has 0 saturated heterocycles. The number of nitrogen functional groups attached to an aromatic ring is 1. The molecular formula is C13H12N4. The van der Waals surface area contributed by atoms with Gasteiger partial charge in [-0.3, -0.25) is 4.98 Å². The molecule has 3 rings (SSSR count). The van der Waals surface area contributed by atoms with Gasteiger partial charge in [-0.2, -0.15) is 0 Å². The molecule has 84 valence electrons. The fourth-order valence-electron chi connectivity index (χ4n) is 1.96. The Kier molecular flexibility index (Phi) is 2.08. The van der Waals surface area contributed by atoms with Crippen LogP contribution in [-0.2, 0) is 0 Å². The highest BCUT2D eigenvalue weighted by atomic mass is 15.0. The van der Waals surface area contributed by atoms with Crippen molar-refractivity contribution in [3.8, 4) is 11.3 Å². The van der Waals surface area contributed by atoms with E-state index in [4.69, 9.17) is 5.73 Å². The summed E-state index contributed by atoms with van der Waals surface area (Å²) in [4.78, 5) is 8.61. The van der Waals surface area contributed by atoms with Crippen LogP contribution in [0.5, 0.6) is 0 Å². The molecule has 2 N–H and O–H groups in total. The lowest BCUT2D eigenvalue weighted by molar-refractivity contribution is 1.17. The van der Waals surface area contributed by atoms with Gasteiger partial charge in [-0.05, 0) is 30.7 Å². The molecule has 0 aliphatic rings. The molecule has 0 atom stereocenters. The van der Waals surface area contributed by atoms with Crippen LogP contribution < -0.4 is 5.73 Å². The van der Waals surface area contributed by atoms with Crippen LogP contribution in [0.25, 0.3) is 16.9 Å². The predicted molar refractivity (Wildman–Crippen MR) is 67.6 cm³/mol. The van der Waals surface area contributed by atoms with Gasteiger partial charge in [0.1, 0.15) is 5.65 Å². The molecule has 0 unspecified atom stereocenters. The average molecular weight is 224 g/mol. The van der Waals surface area contributed by atoms with Gasteiger partial charge in [0, 0.05) is 36.0 Å². The Bertz CT molecular complexity index is 670. The standard InChI is InChI=1S/C13H12N4/c1-9-6-11(14)7-17-8-12(16-13(9)17)10-2-4-15-5-3-10/h2-8H,14H2,1H3. The van der Waals surface area contributed by atoms with Crippen LogP contribution in [0.15, 0.2) is 43.0 Å². The predicted octanol–water partition coefficient (Wildman–Crippen LogP) is 2.29. The van der Waals surface area contributed by atoms with E-state index in [1.165, 1.54) is 0 Å². The summed E-state index contributed by atoms with van der Waals surface area (Å²) in [6.07, 6.45) is 7.38. The van der Waals surface area contributed by atoms with Crippen molar-refractivity contribution in [2.75, 3.05) is 5.73 Å². The summed E-state index contributed by atoms with van der Waals surface area (Å²) in [5.74, 6) is 0. The molecule has 0 spiro atoms. The van der Waals surface area contributed by atoms with Crippen molar-refractivity contribution in [1.82, 2.24) is 14.4 Å².